The Balaban J connectivity index is 0.000000240. The van der Waals surface area contributed by atoms with Crippen molar-refractivity contribution in [3.05, 3.63) is 144 Å². The van der Waals surface area contributed by atoms with Crippen molar-refractivity contribution in [3.8, 4) is 0 Å². The Hall–Kier alpha value is -4.30. The highest BCUT2D eigenvalue weighted by Crippen LogP contribution is 2.20. The number of oxime groups is 2. The van der Waals surface area contributed by atoms with Crippen molar-refractivity contribution >= 4 is 11.4 Å². The molecule has 0 radical (unpaired) electrons. The second-order valence-electron chi connectivity index (χ2n) is 7.33. The Labute approximate surface area is 203 Å². The molecule has 7 nitrogen and oxygen atoms in total. The highest BCUT2D eigenvalue weighted by atomic mass is 16.4. The van der Waals surface area contributed by atoms with Crippen molar-refractivity contribution in [1.82, 2.24) is 0 Å². The Morgan fingerprint density at radius 2 is 0.714 bits per heavy atom. The van der Waals surface area contributed by atoms with Gasteiger partial charge in [0.2, 0.25) is 0 Å². The smallest absolute Gasteiger partial charge is 0.125 e. The predicted octanol–water partition coefficient (Wildman–Crippen LogP) is 4.37. The molecule has 6 N–H and O–H groups in total. The zero-order valence-electron chi connectivity index (χ0n) is 18.9. The molecule has 0 heterocycles. The molecule has 0 aromatic heterocycles. The van der Waals surface area contributed by atoms with Gasteiger partial charge in [-0.1, -0.05) is 132 Å². The van der Waals surface area contributed by atoms with Crippen molar-refractivity contribution in [2.45, 2.75) is 12.2 Å². The van der Waals surface area contributed by atoms with Crippen molar-refractivity contribution in [2.24, 2.45) is 10.3 Å². The summed E-state index contributed by atoms with van der Waals surface area (Å²) in [6, 6.07) is 36.5. The molecule has 0 amide bonds. The van der Waals surface area contributed by atoms with Crippen LogP contribution in [0, 0.1) is 0 Å². The van der Waals surface area contributed by atoms with Gasteiger partial charge >= 0.3 is 0 Å². The fourth-order valence-electron chi connectivity index (χ4n) is 3.34. The molecule has 2 atom stereocenters. The third kappa shape index (κ3) is 7.35. The maximum absolute atomic E-state index is 10.1. The predicted molar refractivity (Wildman–Crippen MR) is 136 cm³/mol. The SMILES string of the molecule is O.ON=C(c1ccccc1)C(O)c1ccccc1.ON=C(c1ccccc1)C(O)c1ccccc1. The van der Waals surface area contributed by atoms with Crippen LogP contribution in [0.4, 0.5) is 0 Å². The van der Waals surface area contributed by atoms with Gasteiger partial charge in [-0.05, 0) is 11.1 Å². The molecule has 4 rings (SSSR count). The minimum absolute atomic E-state index is 0. The van der Waals surface area contributed by atoms with Crippen molar-refractivity contribution < 1.29 is 26.1 Å². The standard InChI is InChI=1S/2C14H13NO2.H2O/c2*16-14(12-9-5-2-6-10-12)13(15-17)11-7-3-1-4-8-11;/h2*1-10,14,16-17H;1H2. The number of benzene rings is 4. The van der Waals surface area contributed by atoms with Gasteiger partial charge in [0.1, 0.15) is 23.6 Å². The molecule has 0 saturated heterocycles. The van der Waals surface area contributed by atoms with E-state index in [0.717, 1.165) is 0 Å². The molecular formula is C28H28N2O5. The van der Waals surface area contributed by atoms with Crippen LogP contribution in [0.15, 0.2) is 132 Å². The first kappa shape index (κ1) is 26.9. The summed E-state index contributed by atoms with van der Waals surface area (Å²) in [7, 11) is 0. The monoisotopic (exact) mass is 472 g/mol. The summed E-state index contributed by atoms with van der Waals surface area (Å²) in [5.41, 5.74) is 3.29. The first-order chi connectivity index (χ1) is 16.7. The molecule has 0 aliphatic heterocycles. The van der Waals surface area contributed by atoms with E-state index in [2.05, 4.69) is 10.3 Å². The van der Waals surface area contributed by atoms with Crippen LogP contribution in [0.1, 0.15) is 34.5 Å². The summed E-state index contributed by atoms with van der Waals surface area (Å²) < 4.78 is 0. The Bertz CT molecular complexity index is 1090. The van der Waals surface area contributed by atoms with Gasteiger partial charge in [-0.15, -0.1) is 0 Å². The van der Waals surface area contributed by atoms with E-state index in [-0.39, 0.29) is 16.9 Å². The quantitative estimate of drug-likeness (QED) is 0.188. The fraction of sp³-hybridized carbons (Fsp3) is 0.0714. The van der Waals surface area contributed by atoms with Gasteiger partial charge < -0.3 is 26.1 Å². The van der Waals surface area contributed by atoms with E-state index in [1.54, 1.807) is 48.5 Å². The number of aliphatic hydroxyl groups is 2. The molecule has 4 aromatic carbocycles. The van der Waals surface area contributed by atoms with E-state index < -0.39 is 12.2 Å². The first-order valence-electron chi connectivity index (χ1n) is 10.7. The Kier molecular flexibility index (Phi) is 10.8. The number of hydrogen-bond acceptors (Lipinski definition) is 6. The maximum atomic E-state index is 10.1. The molecule has 2 unspecified atom stereocenters. The van der Waals surface area contributed by atoms with E-state index in [1.165, 1.54) is 0 Å². The molecular weight excluding hydrogens is 444 g/mol. The van der Waals surface area contributed by atoms with E-state index in [9.17, 15) is 10.2 Å². The topological polar surface area (TPSA) is 137 Å². The number of rotatable bonds is 6. The van der Waals surface area contributed by atoms with Crippen molar-refractivity contribution in [3.63, 3.8) is 0 Å². The summed E-state index contributed by atoms with van der Waals surface area (Å²) in [6.45, 7) is 0. The van der Waals surface area contributed by atoms with Gasteiger partial charge in [-0.25, -0.2) is 0 Å². The second kappa shape index (κ2) is 14.1. The van der Waals surface area contributed by atoms with Crippen LogP contribution in [-0.4, -0.2) is 37.5 Å². The highest BCUT2D eigenvalue weighted by molar-refractivity contribution is 6.04. The molecule has 35 heavy (non-hydrogen) atoms. The molecule has 0 saturated carbocycles. The molecule has 0 fully saturated rings. The summed E-state index contributed by atoms with van der Waals surface area (Å²) in [6.07, 6.45) is -1.85. The molecule has 180 valence electrons. The van der Waals surface area contributed by atoms with Crippen LogP contribution in [0.5, 0.6) is 0 Å². The van der Waals surface area contributed by atoms with Crippen LogP contribution >= 0.6 is 0 Å². The van der Waals surface area contributed by atoms with Gasteiger partial charge in [0.15, 0.2) is 0 Å². The van der Waals surface area contributed by atoms with E-state index in [4.69, 9.17) is 10.4 Å². The van der Waals surface area contributed by atoms with Crippen molar-refractivity contribution in [1.29, 1.82) is 0 Å². The molecule has 0 aliphatic carbocycles. The van der Waals surface area contributed by atoms with E-state index in [1.807, 2.05) is 72.8 Å². The molecule has 7 heteroatoms. The number of nitrogens with zero attached hydrogens (tertiary/aromatic N) is 2. The lowest BCUT2D eigenvalue weighted by molar-refractivity contribution is 0.235. The van der Waals surface area contributed by atoms with Crippen LogP contribution in [-0.2, 0) is 0 Å². The lowest BCUT2D eigenvalue weighted by atomic mass is 9.99. The lowest BCUT2D eigenvalue weighted by Gasteiger charge is -2.12. The van der Waals surface area contributed by atoms with Gasteiger partial charge in [0.25, 0.3) is 0 Å². The summed E-state index contributed by atoms with van der Waals surface area (Å²) >= 11 is 0. The minimum Gasteiger partial charge on any atom is -0.412 e. The van der Waals surface area contributed by atoms with E-state index in [0.29, 0.717) is 22.3 Å². The Morgan fingerprint density at radius 3 is 0.971 bits per heavy atom. The summed E-state index contributed by atoms with van der Waals surface area (Å²) in [5, 5.41) is 44.8. The van der Waals surface area contributed by atoms with Crippen molar-refractivity contribution in [2.75, 3.05) is 0 Å². The minimum atomic E-state index is -0.927. The third-order valence-electron chi connectivity index (χ3n) is 5.10. The normalized spacial score (nSPS) is 13.0. The zero-order chi connectivity index (χ0) is 24.2. The van der Waals surface area contributed by atoms with Gasteiger partial charge in [-0.2, -0.15) is 0 Å². The molecule has 0 aliphatic rings. The summed E-state index contributed by atoms with van der Waals surface area (Å²) in [5.74, 6) is 0. The Morgan fingerprint density at radius 1 is 0.457 bits per heavy atom. The zero-order valence-corrected chi connectivity index (χ0v) is 18.9. The molecule has 4 aromatic rings. The third-order valence-corrected chi connectivity index (χ3v) is 5.10. The van der Waals surface area contributed by atoms with Gasteiger partial charge in [0.05, 0.1) is 0 Å². The largest absolute Gasteiger partial charge is 0.412 e. The fourth-order valence-corrected chi connectivity index (χ4v) is 3.34. The summed E-state index contributed by atoms with van der Waals surface area (Å²) in [4.78, 5) is 0. The van der Waals surface area contributed by atoms with Crippen LogP contribution in [0.3, 0.4) is 0 Å². The molecule has 0 bridgehead atoms. The average molecular weight is 473 g/mol. The maximum Gasteiger partial charge on any atom is 0.125 e. The van der Waals surface area contributed by atoms with Crippen LogP contribution in [0.2, 0.25) is 0 Å². The van der Waals surface area contributed by atoms with Crippen LogP contribution in [0.25, 0.3) is 0 Å². The van der Waals surface area contributed by atoms with Crippen LogP contribution < -0.4 is 0 Å². The highest BCUT2D eigenvalue weighted by Gasteiger charge is 2.18. The van der Waals surface area contributed by atoms with Gasteiger partial charge in [-0.3, -0.25) is 0 Å². The molecule has 0 spiro atoms. The van der Waals surface area contributed by atoms with Gasteiger partial charge in [0, 0.05) is 11.1 Å². The first-order valence-corrected chi connectivity index (χ1v) is 10.7. The lowest BCUT2D eigenvalue weighted by Crippen LogP contribution is -2.13. The average Bonchev–Trinajstić information content (AvgIpc) is 2.92. The second-order valence-corrected chi connectivity index (χ2v) is 7.33. The number of aliphatic hydroxyl groups excluding tert-OH is 2. The number of hydrogen-bond donors (Lipinski definition) is 4. The van der Waals surface area contributed by atoms with E-state index >= 15 is 0 Å².